The summed E-state index contributed by atoms with van der Waals surface area (Å²) in [6, 6.07) is 7.64. The second-order valence-corrected chi connectivity index (χ2v) is 5.71. The maximum Gasteiger partial charge on any atom is 0.273 e. The van der Waals surface area contributed by atoms with Crippen molar-refractivity contribution in [3.63, 3.8) is 0 Å². The highest BCUT2D eigenvalue weighted by Gasteiger charge is 2.23. The Balaban J connectivity index is 1.57. The largest absolute Gasteiger partial charge is 0.360 e. The minimum atomic E-state index is -0.143. The van der Waals surface area contributed by atoms with Crippen LogP contribution in [0.1, 0.15) is 40.2 Å². The second kappa shape index (κ2) is 6.31. The first-order valence-corrected chi connectivity index (χ1v) is 7.62. The minimum Gasteiger partial charge on any atom is -0.360 e. The summed E-state index contributed by atoms with van der Waals surface area (Å²) in [5.74, 6) is 0.736. The molecule has 1 heterocycles. The summed E-state index contributed by atoms with van der Waals surface area (Å²) in [5.41, 5.74) is 2.59. The van der Waals surface area contributed by atoms with Crippen molar-refractivity contribution < 1.29 is 9.32 Å². The zero-order valence-electron chi connectivity index (χ0n) is 11.7. The van der Waals surface area contributed by atoms with Gasteiger partial charge < -0.3 is 9.84 Å². The number of halogens is 1. The fraction of sp³-hybridized carbons (Fsp3) is 0.375. The molecule has 110 valence electrons. The molecular formula is C16H17ClN2O2. The molecule has 1 N–H and O–H groups in total. The molecule has 21 heavy (non-hydrogen) atoms. The van der Waals surface area contributed by atoms with Crippen LogP contribution in [-0.4, -0.2) is 17.6 Å². The lowest BCUT2D eigenvalue weighted by atomic mass is 9.96. The summed E-state index contributed by atoms with van der Waals surface area (Å²) in [7, 11) is 0. The number of aromatic nitrogens is 1. The average molecular weight is 305 g/mol. The molecular weight excluding hydrogens is 288 g/mol. The predicted octanol–water partition coefficient (Wildman–Crippen LogP) is 3.18. The normalized spacial score (nSPS) is 13.8. The van der Waals surface area contributed by atoms with Gasteiger partial charge in [0.25, 0.3) is 5.91 Å². The molecule has 1 aromatic carbocycles. The van der Waals surface area contributed by atoms with Crippen molar-refractivity contribution in [1.82, 2.24) is 10.5 Å². The molecule has 1 aliphatic carbocycles. The van der Waals surface area contributed by atoms with E-state index in [4.69, 9.17) is 16.1 Å². The van der Waals surface area contributed by atoms with Crippen LogP contribution in [-0.2, 0) is 19.3 Å². The Kier molecular flexibility index (Phi) is 4.25. The van der Waals surface area contributed by atoms with E-state index in [1.54, 1.807) is 0 Å². The molecule has 0 fully saturated rings. The number of nitrogens with one attached hydrogen (secondary N) is 1. The molecule has 0 atom stereocenters. The monoisotopic (exact) mass is 304 g/mol. The molecule has 0 radical (unpaired) electrons. The predicted molar refractivity (Wildman–Crippen MR) is 80.6 cm³/mol. The fourth-order valence-electron chi connectivity index (χ4n) is 2.62. The summed E-state index contributed by atoms with van der Waals surface area (Å²) in [4.78, 5) is 12.2. The quantitative estimate of drug-likeness (QED) is 0.944. The fourth-order valence-corrected chi connectivity index (χ4v) is 2.74. The van der Waals surface area contributed by atoms with Gasteiger partial charge in [-0.25, -0.2) is 0 Å². The van der Waals surface area contributed by atoms with Crippen LogP contribution in [0.15, 0.2) is 28.8 Å². The van der Waals surface area contributed by atoms with E-state index < -0.39 is 0 Å². The number of hydrogen-bond acceptors (Lipinski definition) is 3. The van der Waals surface area contributed by atoms with Crippen LogP contribution in [0.3, 0.4) is 0 Å². The SMILES string of the molecule is O=C(NCCc1ccc(Cl)cc1)c1noc2c1CCCC2. The topological polar surface area (TPSA) is 55.1 Å². The maximum absolute atomic E-state index is 12.2. The van der Waals surface area contributed by atoms with E-state index in [1.165, 1.54) is 0 Å². The number of fused-ring (bicyclic) bond motifs is 1. The molecule has 1 amide bonds. The Labute approximate surface area is 128 Å². The van der Waals surface area contributed by atoms with Crippen molar-refractivity contribution in [3.05, 3.63) is 51.9 Å². The van der Waals surface area contributed by atoms with Crippen molar-refractivity contribution in [1.29, 1.82) is 0 Å². The summed E-state index contributed by atoms with van der Waals surface area (Å²) < 4.78 is 5.26. The third kappa shape index (κ3) is 3.27. The number of hydrogen-bond donors (Lipinski definition) is 1. The van der Waals surface area contributed by atoms with Crippen LogP contribution in [0.4, 0.5) is 0 Å². The van der Waals surface area contributed by atoms with Crippen molar-refractivity contribution in [2.75, 3.05) is 6.54 Å². The first-order valence-electron chi connectivity index (χ1n) is 7.24. The first-order chi connectivity index (χ1) is 10.2. The van der Waals surface area contributed by atoms with E-state index in [1.807, 2.05) is 24.3 Å². The molecule has 0 unspecified atom stereocenters. The standard InChI is InChI=1S/C16H17ClN2O2/c17-12-7-5-11(6-8-12)9-10-18-16(20)15-13-3-1-2-4-14(13)21-19-15/h5-8H,1-4,9-10H2,(H,18,20). The lowest BCUT2D eigenvalue weighted by Gasteiger charge is -2.09. The van der Waals surface area contributed by atoms with Gasteiger partial charge >= 0.3 is 0 Å². The molecule has 0 saturated carbocycles. The molecule has 0 bridgehead atoms. The summed E-state index contributed by atoms with van der Waals surface area (Å²) >= 11 is 5.84. The second-order valence-electron chi connectivity index (χ2n) is 5.27. The van der Waals surface area contributed by atoms with Crippen LogP contribution in [0.25, 0.3) is 0 Å². The van der Waals surface area contributed by atoms with Crippen LogP contribution >= 0.6 is 11.6 Å². The zero-order valence-corrected chi connectivity index (χ0v) is 12.4. The highest BCUT2D eigenvalue weighted by atomic mass is 35.5. The Bertz CT molecular complexity index is 634. The highest BCUT2D eigenvalue weighted by Crippen LogP contribution is 2.24. The van der Waals surface area contributed by atoms with Crippen molar-refractivity contribution in [2.24, 2.45) is 0 Å². The summed E-state index contributed by atoms with van der Waals surface area (Å²) in [6.45, 7) is 0.572. The first kappa shape index (κ1) is 14.1. The van der Waals surface area contributed by atoms with Gasteiger partial charge in [-0.05, 0) is 43.4 Å². The van der Waals surface area contributed by atoms with Crippen molar-refractivity contribution >= 4 is 17.5 Å². The Morgan fingerprint density at radius 2 is 2.00 bits per heavy atom. The molecule has 2 aromatic rings. The Morgan fingerprint density at radius 1 is 1.24 bits per heavy atom. The van der Waals surface area contributed by atoms with Gasteiger partial charge in [-0.15, -0.1) is 0 Å². The van der Waals surface area contributed by atoms with Crippen molar-refractivity contribution in [3.8, 4) is 0 Å². The summed E-state index contributed by atoms with van der Waals surface area (Å²) in [6.07, 6.45) is 4.75. The number of amides is 1. The number of aryl methyl sites for hydroxylation is 1. The Morgan fingerprint density at radius 3 is 2.81 bits per heavy atom. The molecule has 0 spiro atoms. The molecule has 1 aromatic heterocycles. The highest BCUT2D eigenvalue weighted by molar-refractivity contribution is 6.30. The molecule has 5 heteroatoms. The third-order valence-corrected chi connectivity index (χ3v) is 4.03. The summed E-state index contributed by atoms with van der Waals surface area (Å²) in [5, 5.41) is 7.55. The van der Waals surface area contributed by atoms with Gasteiger partial charge in [0.1, 0.15) is 5.76 Å². The van der Waals surface area contributed by atoms with E-state index in [2.05, 4.69) is 10.5 Å². The van der Waals surface area contributed by atoms with Crippen LogP contribution in [0.5, 0.6) is 0 Å². The van der Waals surface area contributed by atoms with Crippen molar-refractivity contribution in [2.45, 2.75) is 32.1 Å². The van der Waals surface area contributed by atoms with Gasteiger partial charge in [0.15, 0.2) is 5.69 Å². The van der Waals surface area contributed by atoms with Gasteiger partial charge in [0.2, 0.25) is 0 Å². The van der Waals surface area contributed by atoms with Crippen LogP contribution in [0, 0.1) is 0 Å². The number of carbonyl (C=O) groups is 1. The van der Waals surface area contributed by atoms with Gasteiger partial charge in [-0.2, -0.15) is 0 Å². The lowest BCUT2D eigenvalue weighted by molar-refractivity contribution is 0.0944. The molecule has 0 aliphatic heterocycles. The van der Waals surface area contributed by atoms with Gasteiger partial charge in [0.05, 0.1) is 0 Å². The average Bonchev–Trinajstić information content (AvgIpc) is 2.93. The minimum absolute atomic E-state index is 0.143. The smallest absolute Gasteiger partial charge is 0.273 e. The van der Waals surface area contributed by atoms with Gasteiger partial charge in [0, 0.05) is 23.6 Å². The van der Waals surface area contributed by atoms with E-state index in [9.17, 15) is 4.79 Å². The lowest BCUT2D eigenvalue weighted by Crippen LogP contribution is -2.27. The number of carbonyl (C=O) groups excluding carboxylic acids is 1. The Hall–Kier alpha value is -1.81. The molecule has 0 saturated heterocycles. The number of nitrogens with zero attached hydrogens (tertiary/aromatic N) is 1. The molecule has 4 nitrogen and oxygen atoms in total. The third-order valence-electron chi connectivity index (χ3n) is 3.78. The number of benzene rings is 1. The van der Waals surface area contributed by atoms with E-state index >= 15 is 0 Å². The van der Waals surface area contributed by atoms with E-state index in [0.717, 1.165) is 54.0 Å². The van der Waals surface area contributed by atoms with Gasteiger partial charge in [-0.3, -0.25) is 4.79 Å². The van der Waals surface area contributed by atoms with Gasteiger partial charge in [-0.1, -0.05) is 28.9 Å². The van der Waals surface area contributed by atoms with E-state index in [0.29, 0.717) is 12.2 Å². The van der Waals surface area contributed by atoms with Crippen LogP contribution < -0.4 is 5.32 Å². The molecule has 1 aliphatic rings. The van der Waals surface area contributed by atoms with E-state index in [-0.39, 0.29) is 5.91 Å². The molecule has 3 rings (SSSR count). The maximum atomic E-state index is 12.2. The number of rotatable bonds is 4. The zero-order chi connectivity index (χ0) is 14.7. The van der Waals surface area contributed by atoms with Crippen LogP contribution in [0.2, 0.25) is 5.02 Å².